The highest BCUT2D eigenvalue weighted by molar-refractivity contribution is 7.89. The molecule has 1 aliphatic heterocycles. The van der Waals surface area contributed by atoms with Gasteiger partial charge in [0.25, 0.3) is 10.0 Å². The molecule has 0 aliphatic carbocycles. The van der Waals surface area contributed by atoms with E-state index in [0.717, 1.165) is 16.6 Å². The maximum absolute atomic E-state index is 13.5. The van der Waals surface area contributed by atoms with Gasteiger partial charge in [-0.3, -0.25) is 9.97 Å². The molecule has 160 valence electrons. The van der Waals surface area contributed by atoms with Crippen LogP contribution >= 0.6 is 0 Å². The number of methoxy groups -OCH3 is 1. The minimum atomic E-state index is -3.87. The van der Waals surface area contributed by atoms with Crippen LogP contribution in [-0.4, -0.2) is 35.6 Å². The number of fused-ring (bicyclic) bond motifs is 1. The molecule has 0 amide bonds. The number of hydrazone groups is 1. The highest BCUT2D eigenvalue weighted by atomic mass is 32.2. The number of rotatable bonds is 5. The van der Waals surface area contributed by atoms with Crippen molar-refractivity contribution >= 4 is 26.8 Å². The molecule has 32 heavy (non-hydrogen) atoms. The topological polar surface area (TPSA) is 84.8 Å². The Morgan fingerprint density at radius 1 is 0.906 bits per heavy atom. The summed E-state index contributed by atoms with van der Waals surface area (Å²) in [5, 5.41) is 4.59. The summed E-state index contributed by atoms with van der Waals surface area (Å²) in [6, 6.07) is 21.0. The number of hydrogen-bond acceptors (Lipinski definition) is 6. The van der Waals surface area contributed by atoms with Crippen molar-refractivity contribution < 1.29 is 13.2 Å². The second kappa shape index (κ2) is 8.05. The number of sulfonamides is 1. The Labute approximate surface area is 186 Å². The summed E-state index contributed by atoms with van der Waals surface area (Å²) in [5.74, 6) is 0.687. The van der Waals surface area contributed by atoms with E-state index in [2.05, 4.69) is 15.1 Å². The SMILES string of the molecule is COc1cccc(C2=NN(S(=O)(=O)c3ccccc3)[C@@H](c3ccc4nccnc4c3)C2)c1. The summed E-state index contributed by atoms with van der Waals surface area (Å²) < 4.78 is 33.6. The van der Waals surface area contributed by atoms with Crippen LogP contribution in [0.25, 0.3) is 11.0 Å². The fourth-order valence-electron chi connectivity index (χ4n) is 3.82. The first-order chi connectivity index (χ1) is 15.6. The first-order valence-corrected chi connectivity index (χ1v) is 11.5. The normalized spacial score (nSPS) is 16.2. The molecule has 7 nitrogen and oxygen atoms in total. The highest BCUT2D eigenvalue weighted by Crippen LogP contribution is 2.38. The van der Waals surface area contributed by atoms with Crippen molar-refractivity contribution in [2.75, 3.05) is 7.11 Å². The van der Waals surface area contributed by atoms with Gasteiger partial charge in [-0.05, 0) is 42.0 Å². The van der Waals surface area contributed by atoms with Crippen molar-refractivity contribution in [1.29, 1.82) is 0 Å². The van der Waals surface area contributed by atoms with Crippen LogP contribution in [0.15, 0.2) is 95.2 Å². The van der Waals surface area contributed by atoms with Gasteiger partial charge in [0.05, 0.1) is 34.8 Å². The van der Waals surface area contributed by atoms with Gasteiger partial charge in [-0.2, -0.15) is 17.9 Å². The first-order valence-electron chi connectivity index (χ1n) is 10.1. The molecule has 1 aliphatic rings. The van der Waals surface area contributed by atoms with Crippen LogP contribution in [0, 0.1) is 0 Å². The van der Waals surface area contributed by atoms with Gasteiger partial charge >= 0.3 is 0 Å². The van der Waals surface area contributed by atoms with Gasteiger partial charge in [0.15, 0.2) is 0 Å². The molecule has 0 spiro atoms. The van der Waals surface area contributed by atoms with Gasteiger partial charge in [-0.25, -0.2) is 0 Å². The summed E-state index contributed by atoms with van der Waals surface area (Å²) in [6.07, 6.45) is 3.68. The van der Waals surface area contributed by atoms with Crippen LogP contribution in [0.2, 0.25) is 0 Å². The third-order valence-corrected chi connectivity index (χ3v) is 7.14. The lowest BCUT2D eigenvalue weighted by Crippen LogP contribution is -2.27. The van der Waals surface area contributed by atoms with Gasteiger partial charge in [0.1, 0.15) is 5.75 Å². The predicted octanol–water partition coefficient (Wildman–Crippen LogP) is 4.18. The van der Waals surface area contributed by atoms with Crippen molar-refractivity contribution in [1.82, 2.24) is 14.4 Å². The van der Waals surface area contributed by atoms with Crippen LogP contribution in [0.4, 0.5) is 0 Å². The van der Waals surface area contributed by atoms with E-state index < -0.39 is 16.1 Å². The zero-order valence-corrected chi connectivity index (χ0v) is 18.1. The second-order valence-corrected chi connectivity index (χ2v) is 9.19. The maximum Gasteiger partial charge on any atom is 0.279 e. The Morgan fingerprint density at radius 2 is 1.69 bits per heavy atom. The van der Waals surface area contributed by atoms with Gasteiger partial charge in [0.2, 0.25) is 0 Å². The lowest BCUT2D eigenvalue weighted by molar-refractivity contribution is 0.371. The summed E-state index contributed by atoms with van der Waals surface area (Å²) in [7, 11) is -2.27. The molecule has 4 aromatic rings. The van der Waals surface area contributed by atoms with Crippen LogP contribution in [-0.2, 0) is 10.0 Å². The molecule has 0 unspecified atom stereocenters. The van der Waals surface area contributed by atoms with Crippen molar-refractivity contribution in [3.8, 4) is 5.75 Å². The Kier molecular flexibility index (Phi) is 5.07. The lowest BCUT2D eigenvalue weighted by atomic mass is 9.98. The molecular weight excluding hydrogens is 424 g/mol. The molecule has 0 radical (unpaired) electrons. The van der Waals surface area contributed by atoms with E-state index in [-0.39, 0.29) is 4.90 Å². The number of hydrogen-bond donors (Lipinski definition) is 0. The van der Waals surface area contributed by atoms with Gasteiger partial charge < -0.3 is 4.74 Å². The smallest absolute Gasteiger partial charge is 0.279 e. The minimum Gasteiger partial charge on any atom is -0.497 e. The fourth-order valence-corrected chi connectivity index (χ4v) is 5.28. The maximum atomic E-state index is 13.5. The quantitative estimate of drug-likeness (QED) is 0.461. The van der Waals surface area contributed by atoms with Crippen molar-refractivity contribution in [3.63, 3.8) is 0 Å². The van der Waals surface area contributed by atoms with Crippen LogP contribution in [0.3, 0.4) is 0 Å². The average molecular weight is 445 g/mol. The molecule has 2 heterocycles. The van der Waals surface area contributed by atoms with Crippen LogP contribution in [0.5, 0.6) is 5.75 Å². The Morgan fingerprint density at radius 3 is 2.47 bits per heavy atom. The molecule has 0 N–H and O–H groups in total. The Bertz CT molecular complexity index is 1420. The van der Waals surface area contributed by atoms with E-state index in [1.807, 2.05) is 42.5 Å². The Balaban J connectivity index is 1.62. The fraction of sp³-hybridized carbons (Fsp3) is 0.125. The van der Waals surface area contributed by atoms with Crippen molar-refractivity contribution in [2.24, 2.45) is 5.10 Å². The third-order valence-electron chi connectivity index (χ3n) is 5.44. The third kappa shape index (κ3) is 3.58. The average Bonchev–Trinajstić information content (AvgIpc) is 3.31. The second-order valence-electron chi connectivity index (χ2n) is 7.39. The number of nitrogens with zero attached hydrogens (tertiary/aromatic N) is 4. The van der Waals surface area contributed by atoms with E-state index in [4.69, 9.17) is 4.74 Å². The van der Waals surface area contributed by atoms with Gasteiger partial charge in [-0.15, -0.1) is 0 Å². The molecule has 0 bridgehead atoms. The van der Waals surface area contributed by atoms with E-state index in [9.17, 15) is 8.42 Å². The molecule has 3 aromatic carbocycles. The Hall–Kier alpha value is -3.78. The lowest BCUT2D eigenvalue weighted by Gasteiger charge is -2.23. The predicted molar refractivity (Wildman–Crippen MR) is 122 cm³/mol. The van der Waals surface area contributed by atoms with E-state index >= 15 is 0 Å². The molecule has 5 rings (SSSR count). The summed E-state index contributed by atoms with van der Waals surface area (Å²) >= 11 is 0. The summed E-state index contributed by atoms with van der Waals surface area (Å²) in [5.41, 5.74) is 3.75. The molecular formula is C24H20N4O3S. The summed E-state index contributed by atoms with van der Waals surface area (Å²) in [4.78, 5) is 8.88. The molecule has 0 saturated carbocycles. The summed E-state index contributed by atoms with van der Waals surface area (Å²) in [6.45, 7) is 0. The first kappa shape index (κ1) is 20.1. The molecule has 8 heteroatoms. The van der Waals surface area contributed by atoms with E-state index in [1.165, 1.54) is 4.41 Å². The molecule has 1 aromatic heterocycles. The van der Waals surface area contributed by atoms with Gasteiger partial charge in [0, 0.05) is 24.4 Å². The van der Waals surface area contributed by atoms with Crippen molar-refractivity contribution in [3.05, 3.63) is 96.3 Å². The molecule has 0 fully saturated rings. The minimum absolute atomic E-state index is 0.196. The van der Waals surface area contributed by atoms with Crippen LogP contribution < -0.4 is 4.74 Å². The highest BCUT2D eigenvalue weighted by Gasteiger charge is 2.37. The number of benzene rings is 3. The number of aromatic nitrogens is 2. The standard InChI is InChI=1S/C24H20N4O3S/c1-31-19-7-5-6-17(14-19)22-16-24(18-10-11-21-23(15-18)26-13-12-25-21)28(27-22)32(29,30)20-8-3-2-4-9-20/h2-15,24H,16H2,1H3/t24-/m1/s1. The van der Waals surface area contributed by atoms with Crippen molar-refractivity contribution in [2.45, 2.75) is 17.4 Å². The monoisotopic (exact) mass is 444 g/mol. The van der Waals surface area contributed by atoms with E-state index in [1.54, 1.807) is 49.8 Å². The zero-order valence-electron chi connectivity index (χ0n) is 17.3. The number of ether oxygens (including phenoxy) is 1. The van der Waals surface area contributed by atoms with Gasteiger partial charge in [-0.1, -0.05) is 36.4 Å². The van der Waals surface area contributed by atoms with E-state index in [0.29, 0.717) is 23.4 Å². The van der Waals surface area contributed by atoms with Crippen LogP contribution in [0.1, 0.15) is 23.6 Å². The zero-order chi connectivity index (χ0) is 22.1. The molecule has 0 saturated heterocycles. The molecule has 1 atom stereocenters. The largest absolute Gasteiger partial charge is 0.497 e.